The van der Waals surface area contributed by atoms with E-state index in [1.807, 2.05) is 0 Å². The third-order valence-electron chi connectivity index (χ3n) is 2.74. The molecule has 0 amide bonds. The summed E-state index contributed by atoms with van der Waals surface area (Å²) >= 11 is 0. The Labute approximate surface area is 122 Å². The van der Waals surface area contributed by atoms with Gasteiger partial charge in [-0.2, -0.15) is 0 Å². The van der Waals surface area contributed by atoms with E-state index in [1.54, 1.807) is 13.8 Å². The van der Waals surface area contributed by atoms with Crippen LogP contribution in [0.15, 0.2) is 24.3 Å². The summed E-state index contributed by atoms with van der Waals surface area (Å²) in [4.78, 5) is 22.0. The van der Waals surface area contributed by atoms with E-state index in [9.17, 15) is 19.5 Å². The Balaban J connectivity index is 3.24. The molecule has 1 aromatic carbocycles. The Hall–Kier alpha value is -1.56. The third-order valence-corrected chi connectivity index (χ3v) is 5.27. The summed E-state index contributed by atoms with van der Waals surface area (Å²) in [6.07, 6.45) is 0. The number of benzene rings is 1. The van der Waals surface area contributed by atoms with Crippen LogP contribution in [0, 0.1) is 10.1 Å². The van der Waals surface area contributed by atoms with Gasteiger partial charge in [-0.15, -0.1) is 0 Å². The minimum atomic E-state index is -3.67. The highest BCUT2D eigenvalue weighted by atomic mass is 31.2. The topological polar surface area (TPSA) is 95.7 Å². The lowest BCUT2D eigenvalue weighted by Gasteiger charge is -2.24. The molecule has 0 aliphatic carbocycles. The van der Waals surface area contributed by atoms with Crippen molar-refractivity contribution in [3.8, 4) is 0 Å². The SMILES string of the molecule is CCOP(=O)(OCC)C(C(C)=O)c1ccc([N+](=O)[O-])cc1. The Bertz CT molecular complexity index is 546. The molecule has 0 radical (unpaired) electrons. The van der Waals surface area contributed by atoms with Crippen molar-refractivity contribution < 1.29 is 23.3 Å². The molecule has 0 spiro atoms. The molecule has 0 aliphatic rings. The van der Waals surface area contributed by atoms with Crippen LogP contribution in [0.1, 0.15) is 32.0 Å². The van der Waals surface area contributed by atoms with E-state index in [0.29, 0.717) is 5.56 Å². The monoisotopic (exact) mass is 315 g/mol. The molecule has 1 rings (SSSR count). The number of ketones is 1. The highest BCUT2D eigenvalue weighted by molar-refractivity contribution is 7.55. The minimum absolute atomic E-state index is 0.108. The largest absolute Gasteiger partial charge is 0.345 e. The summed E-state index contributed by atoms with van der Waals surface area (Å²) in [6.45, 7) is 4.86. The average Bonchev–Trinajstić information content (AvgIpc) is 2.39. The Morgan fingerprint density at radius 1 is 1.24 bits per heavy atom. The molecule has 8 heteroatoms. The average molecular weight is 315 g/mol. The fourth-order valence-corrected chi connectivity index (χ4v) is 4.04. The van der Waals surface area contributed by atoms with Gasteiger partial charge in [0.2, 0.25) is 0 Å². The first-order valence-electron chi connectivity index (χ1n) is 6.49. The minimum Gasteiger partial charge on any atom is -0.308 e. The van der Waals surface area contributed by atoms with Crippen LogP contribution in [0.25, 0.3) is 0 Å². The molecule has 0 aromatic heterocycles. The second-order valence-electron chi connectivity index (χ2n) is 4.24. The molecule has 116 valence electrons. The molecule has 7 nitrogen and oxygen atoms in total. The summed E-state index contributed by atoms with van der Waals surface area (Å²) < 4.78 is 23.2. The molecular weight excluding hydrogens is 297 g/mol. The molecule has 1 atom stereocenters. The first-order chi connectivity index (χ1) is 9.85. The van der Waals surface area contributed by atoms with Gasteiger partial charge in [-0.25, -0.2) is 0 Å². The van der Waals surface area contributed by atoms with Crippen LogP contribution in [0.3, 0.4) is 0 Å². The lowest BCUT2D eigenvalue weighted by Crippen LogP contribution is -2.14. The normalized spacial score (nSPS) is 12.9. The number of nitro benzene ring substituents is 1. The first-order valence-corrected chi connectivity index (χ1v) is 8.10. The maximum atomic E-state index is 12.8. The summed E-state index contributed by atoms with van der Waals surface area (Å²) in [6, 6.07) is 5.31. The van der Waals surface area contributed by atoms with Crippen LogP contribution in [0.5, 0.6) is 0 Å². The lowest BCUT2D eigenvalue weighted by molar-refractivity contribution is -0.384. The highest BCUT2D eigenvalue weighted by Gasteiger charge is 2.40. The third kappa shape index (κ3) is 4.20. The fraction of sp³-hybridized carbons (Fsp3) is 0.462. The number of non-ortho nitro benzene ring substituents is 1. The van der Waals surface area contributed by atoms with E-state index in [1.165, 1.54) is 31.2 Å². The quantitative estimate of drug-likeness (QED) is 0.414. The lowest BCUT2D eigenvalue weighted by atomic mass is 10.1. The van der Waals surface area contributed by atoms with Gasteiger partial charge in [0.1, 0.15) is 11.4 Å². The molecule has 0 heterocycles. The number of carbonyl (C=O) groups is 1. The molecule has 0 saturated carbocycles. The molecule has 0 bridgehead atoms. The van der Waals surface area contributed by atoms with Crippen LogP contribution in [-0.2, 0) is 18.4 Å². The molecule has 0 N–H and O–H groups in total. The van der Waals surface area contributed by atoms with Gasteiger partial charge in [-0.05, 0) is 26.3 Å². The Morgan fingerprint density at radius 2 is 1.71 bits per heavy atom. The smallest absolute Gasteiger partial charge is 0.308 e. The van der Waals surface area contributed by atoms with E-state index < -0.39 is 18.2 Å². The number of Topliss-reactive ketones (excluding diaryl/α,β-unsaturated/α-hetero) is 1. The van der Waals surface area contributed by atoms with Crippen LogP contribution >= 0.6 is 7.60 Å². The number of nitrogens with zero attached hydrogens (tertiary/aromatic N) is 1. The number of rotatable bonds is 8. The van der Waals surface area contributed by atoms with Gasteiger partial charge in [0.15, 0.2) is 0 Å². The molecule has 21 heavy (non-hydrogen) atoms. The van der Waals surface area contributed by atoms with Crippen LogP contribution in [0.2, 0.25) is 0 Å². The number of carbonyl (C=O) groups excluding carboxylic acids is 1. The van der Waals surface area contributed by atoms with E-state index in [4.69, 9.17) is 9.05 Å². The highest BCUT2D eigenvalue weighted by Crippen LogP contribution is 2.61. The molecular formula is C13H18NO6P. The molecule has 0 aliphatic heterocycles. The predicted molar refractivity (Wildman–Crippen MR) is 77.4 cm³/mol. The summed E-state index contributed by atoms with van der Waals surface area (Å²) in [5.74, 6) is -0.380. The number of hydrogen-bond acceptors (Lipinski definition) is 6. The fourth-order valence-electron chi connectivity index (χ4n) is 1.96. The van der Waals surface area contributed by atoms with Gasteiger partial charge < -0.3 is 9.05 Å². The van der Waals surface area contributed by atoms with Crippen LogP contribution in [0.4, 0.5) is 5.69 Å². The van der Waals surface area contributed by atoms with Crippen LogP contribution in [-0.4, -0.2) is 23.9 Å². The van der Waals surface area contributed by atoms with Crippen molar-refractivity contribution in [3.05, 3.63) is 39.9 Å². The summed E-state index contributed by atoms with van der Waals surface area (Å²) in [5.41, 5.74) is -0.819. The predicted octanol–water partition coefficient (Wildman–Crippen LogP) is 3.49. The number of hydrogen-bond donors (Lipinski definition) is 0. The van der Waals surface area contributed by atoms with Crippen molar-refractivity contribution in [1.29, 1.82) is 0 Å². The van der Waals surface area contributed by atoms with Crippen LogP contribution < -0.4 is 0 Å². The second kappa shape index (κ2) is 7.45. The Morgan fingerprint density at radius 3 is 2.05 bits per heavy atom. The zero-order chi connectivity index (χ0) is 16.0. The van der Waals surface area contributed by atoms with Gasteiger partial charge in [-0.3, -0.25) is 19.5 Å². The summed E-state index contributed by atoms with van der Waals surface area (Å²) in [7, 11) is -3.67. The van der Waals surface area contributed by atoms with E-state index in [-0.39, 0.29) is 24.7 Å². The first kappa shape index (κ1) is 17.5. The zero-order valence-electron chi connectivity index (χ0n) is 12.1. The van der Waals surface area contributed by atoms with Gasteiger partial charge in [0.25, 0.3) is 5.69 Å². The van der Waals surface area contributed by atoms with Crippen molar-refractivity contribution in [1.82, 2.24) is 0 Å². The maximum absolute atomic E-state index is 12.8. The standard InChI is InChI=1S/C13H18NO6P/c1-4-19-21(18,20-5-2)13(10(3)15)11-6-8-12(9-7-11)14(16)17/h6-9,13H,4-5H2,1-3H3. The van der Waals surface area contributed by atoms with Gasteiger partial charge in [0, 0.05) is 12.1 Å². The Kier molecular flexibility index (Phi) is 6.20. The number of nitro groups is 1. The second-order valence-corrected chi connectivity index (χ2v) is 6.35. The van der Waals surface area contributed by atoms with E-state index >= 15 is 0 Å². The van der Waals surface area contributed by atoms with Gasteiger partial charge >= 0.3 is 7.60 Å². The van der Waals surface area contributed by atoms with E-state index in [0.717, 1.165) is 0 Å². The van der Waals surface area contributed by atoms with Crippen molar-refractivity contribution in [2.24, 2.45) is 0 Å². The maximum Gasteiger partial charge on any atom is 0.345 e. The molecule has 1 aromatic rings. The van der Waals surface area contributed by atoms with Crippen molar-refractivity contribution in [3.63, 3.8) is 0 Å². The van der Waals surface area contributed by atoms with E-state index in [2.05, 4.69) is 0 Å². The molecule has 1 unspecified atom stereocenters. The van der Waals surface area contributed by atoms with Crippen molar-refractivity contribution >= 4 is 19.1 Å². The van der Waals surface area contributed by atoms with Gasteiger partial charge in [-0.1, -0.05) is 12.1 Å². The summed E-state index contributed by atoms with van der Waals surface area (Å²) in [5, 5.41) is 10.7. The zero-order valence-corrected chi connectivity index (χ0v) is 13.0. The molecule has 0 saturated heterocycles. The van der Waals surface area contributed by atoms with Crippen molar-refractivity contribution in [2.75, 3.05) is 13.2 Å². The van der Waals surface area contributed by atoms with Crippen molar-refractivity contribution in [2.45, 2.75) is 26.4 Å². The molecule has 0 fully saturated rings. The van der Waals surface area contributed by atoms with Gasteiger partial charge in [0.05, 0.1) is 18.1 Å².